The molecule has 2 fully saturated rings. The van der Waals surface area contributed by atoms with Crippen LogP contribution in [0.1, 0.15) is 25.3 Å². The van der Waals surface area contributed by atoms with Gasteiger partial charge in [0.1, 0.15) is 17.6 Å². The molecule has 1 atom stereocenters. The summed E-state index contributed by atoms with van der Waals surface area (Å²) >= 11 is 0. The van der Waals surface area contributed by atoms with Gasteiger partial charge in [-0.2, -0.15) is 9.61 Å². The zero-order valence-corrected chi connectivity index (χ0v) is 21.9. The Bertz CT molecular complexity index is 1630. The molecule has 0 radical (unpaired) electrons. The molecule has 2 aromatic heterocycles. The second-order valence-corrected chi connectivity index (χ2v) is 11.1. The van der Waals surface area contributed by atoms with Gasteiger partial charge < -0.3 is 21.1 Å². The third-order valence-electron chi connectivity index (χ3n) is 5.86. The zero-order valence-electron chi connectivity index (χ0n) is 21.0. The number of benzene rings is 1. The minimum atomic E-state index is -3.47. The van der Waals surface area contributed by atoms with Crippen molar-refractivity contribution in [3.63, 3.8) is 0 Å². The molecular formula is C24H26N8O6S. The number of hydrogen-bond donors (Lipinski definition) is 4. The van der Waals surface area contributed by atoms with Crippen LogP contribution in [-0.2, 0) is 24.3 Å². The van der Waals surface area contributed by atoms with Crippen molar-refractivity contribution in [3.05, 3.63) is 47.8 Å². The van der Waals surface area contributed by atoms with Crippen LogP contribution in [-0.4, -0.2) is 70.9 Å². The fourth-order valence-corrected chi connectivity index (χ4v) is 4.38. The van der Waals surface area contributed by atoms with Crippen LogP contribution in [0.2, 0.25) is 0 Å². The van der Waals surface area contributed by atoms with E-state index in [0.717, 1.165) is 24.0 Å². The molecule has 5 rings (SSSR count). The van der Waals surface area contributed by atoms with E-state index in [1.807, 2.05) is 6.07 Å². The molecule has 15 heteroatoms. The summed E-state index contributed by atoms with van der Waals surface area (Å²) in [7, 11) is -3.47. The third-order valence-corrected chi connectivity index (χ3v) is 6.47. The number of urea groups is 1. The van der Waals surface area contributed by atoms with Crippen LogP contribution in [0.15, 0.2) is 42.2 Å². The minimum Gasteiger partial charge on any atom is -0.442 e. The van der Waals surface area contributed by atoms with Gasteiger partial charge in [-0.25, -0.2) is 23.1 Å². The van der Waals surface area contributed by atoms with Crippen molar-refractivity contribution in [2.45, 2.75) is 31.8 Å². The summed E-state index contributed by atoms with van der Waals surface area (Å²) in [6, 6.07) is 7.25. The maximum atomic E-state index is 12.9. The first-order valence-corrected chi connectivity index (χ1v) is 13.9. The Labute approximate surface area is 223 Å². The van der Waals surface area contributed by atoms with Gasteiger partial charge in [0.15, 0.2) is 12.4 Å². The van der Waals surface area contributed by atoms with Gasteiger partial charge in [-0.1, -0.05) is 12.1 Å². The molecule has 1 aliphatic heterocycles. The summed E-state index contributed by atoms with van der Waals surface area (Å²) in [6.07, 6.45) is 6.04. The van der Waals surface area contributed by atoms with Crippen molar-refractivity contribution in [2.24, 2.45) is 5.73 Å². The van der Waals surface area contributed by atoms with Gasteiger partial charge in [-0.05, 0) is 38.0 Å². The van der Waals surface area contributed by atoms with Gasteiger partial charge in [0.05, 0.1) is 18.1 Å². The largest absolute Gasteiger partial charge is 0.442 e. The number of fused-ring (bicyclic) bond motifs is 1. The lowest BCUT2D eigenvalue weighted by Gasteiger charge is -2.13. The van der Waals surface area contributed by atoms with E-state index >= 15 is 0 Å². The average molecular weight is 555 g/mol. The van der Waals surface area contributed by atoms with Crippen molar-refractivity contribution < 1.29 is 27.5 Å². The first-order valence-electron chi connectivity index (χ1n) is 12.0. The molecule has 3 amide bonds. The summed E-state index contributed by atoms with van der Waals surface area (Å²) in [5.74, 6) is -0.780. The number of amides is 3. The molecule has 39 heavy (non-hydrogen) atoms. The lowest BCUT2D eigenvalue weighted by atomic mass is 10.1. The highest BCUT2D eigenvalue weighted by molar-refractivity contribution is 7.92. The summed E-state index contributed by atoms with van der Waals surface area (Å²) in [5.41, 5.74) is 7.82. The summed E-state index contributed by atoms with van der Waals surface area (Å²) in [4.78, 5) is 42.4. The molecule has 1 saturated carbocycles. The molecule has 3 aromatic rings. The number of rotatable bonds is 9. The van der Waals surface area contributed by atoms with Crippen LogP contribution in [0, 0.1) is 0 Å². The molecular weight excluding hydrogens is 528 g/mol. The van der Waals surface area contributed by atoms with Crippen molar-refractivity contribution in [1.82, 2.24) is 24.8 Å². The van der Waals surface area contributed by atoms with Gasteiger partial charge in [0.25, 0.3) is 5.91 Å². The van der Waals surface area contributed by atoms with Gasteiger partial charge in [0, 0.05) is 28.9 Å². The smallest absolute Gasteiger partial charge is 0.331 e. The van der Waals surface area contributed by atoms with Crippen LogP contribution < -0.4 is 21.1 Å². The second kappa shape index (κ2) is 9.99. The molecule has 5 N–H and O–H groups in total. The predicted octanol–water partition coefficient (Wildman–Crippen LogP) is 1.08. The SMILES string of the molecule is C[C@H](N)C(=O)OCN1C(=O)N/C(=C\c2cnn3c(NC4CC4)cc(-c4cccc(NS(C)(=O)=O)c4)nc23)C1=O. The first kappa shape index (κ1) is 26.1. The van der Waals surface area contributed by atoms with E-state index < -0.39 is 40.7 Å². The van der Waals surface area contributed by atoms with Crippen LogP contribution in [0.4, 0.5) is 16.3 Å². The number of nitrogens with one attached hydrogen (secondary N) is 3. The number of ether oxygens (including phenoxy) is 1. The Balaban J connectivity index is 1.50. The number of carbonyl (C=O) groups is 3. The maximum absolute atomic E-state index is 12.9. The standard InChI is InChI=1S/C24H26N8O6S/c1-13(25)23(34)38-12-31-22(33)19(29-24(31)35)9-15-11-26-32-20(27-16-6-7-16)10-18(28-21(15)32)14-4-3-5-17(8-14)30-39(2,36)37/h3-5,8-11,13,16,27,30H,6-7,12,25H2,1-2H3,(H,29,35)/b19-9-/t13-/m0/s1. The normalized spacial score (nSPS) is 17.4. The second-order valence-electron chi connectivity index (χ2n) is 9.34. The molecule has 3 heterocycles. The third kappa shape index (κ3) is 5.83. The number of carbonyl (C=O) groups excluding carboxylic acids is 3. The van der Waals surface area contributed by atoms with E-state index in [4.69, 9.17) is 15.5 Å². The highest BCUT2D eigenvalue weighted by Crippen LogP contribution is 2.30. The maximum Gasteiger partial charge on any atom is 0.331 e. The summed E-state index contributed by atoms with van der Waals surface area (Å²) < 4.78 is 32.4. The Morgan fingerprint density at radius 2 is 2.08 bits per heavy atom. The van der Waals surface area contributed by atoms with Gasteiger partial charge in [0.2, 0.25) is 10.0 Å². The number of anilines is 2. The highest BCUT2D eigenvalue weighted by atomic mass is 32.2. The van der Waals surface area contributed by atoms with Crippen LogP contribution in [0.3, 0.4) is 0 Å². The quantitative estimate of drug-likeness (QED) is 0.169. The van der Waals surface area contributed by atoms with E-state index in [-0.39, 0.29) is 11.7 Å². The molecule has 0 spiro atoms. The van der Waals surface area contributed by atoms with E-state index in [1.165, 1.54) is 19.2 Å². The molecule has 1 aliphatic carbocycles. The summed E-state index contributed by atoms with van der Waals surface area (Å²) in [5, 5.41) is 10.3. The van der Waals surface area contributed by atoms with E-state index in [2.05, 4.69) is 20.5 Å². The summed E-state index contributed by atoms with van der Waals surface area (Å²) in [6.45, 7) is 0.851. The van der Waals surface area contributed by atoms with E-state index in [9.17, 15) is 22.8 Å². The monoisotopic (exact) mass is 554 g/mol. The first-order chi connectivity index (χ1) is 18.5. The van der Waals surface area contributed by atoms with E-state index in [1.54, 1.807) is 28.8 Å². The molecule has 14 nitrogen and oxygen atoms in total. The predicted molar refractivity (Wildman–Crippen MR) is 141 cm³/mol. The number of esters is 1. The number of hydrogen-bond acceptors (Lipinski definition) is 10. The zero-order chi connectivity index (χ0) is 27.9. The van der Waals surface area contributed by atoms with Crippen LogP contribution in [0.25, 0.3) is 23.0 Å². The number of aromatic nitrogens is 3. The average Bonchev–Trinajstić information content (AvgIpc) is 3.53. The van der Waals surface area contributed by atoms with Gasteiger partial charge >= 0.3 is 12.0 Å². The van der Waals surface area contributed by atoms with Crippen LogP contribution in [0.5, 0.6) is 0 Å². The van der Waals surface area contributed by atoms with Gasteiger partial charge in [-0.15, -0.1) is 0 Å². The fourth-order valence-electron chi connectivity index (χ4n) is 3.83. The van der Waals surface area contributed by atoms with Gasteiger partial charge in [-0.3, -0.25) is 14.3 Å². The van der Waals surface area contributed by atoms with Crippen LogP contribution >= 0.6 is 0 Å². The number of imide groups is 1. The van der Waals surface area contributed by atoms with Crippen molar-refractivity contribution in [1.29, 1.82) is 0 Å². The Morgan fingerprint density at radius 3 is 2.77 bits per heavy atom. The highest BCUT2D eigenvalue weighted by Gasteiger charge is 2.35. The molecule has 1 saturated heterocycles. The Kier molecular flexibility index (Phi) is 6.69. The van der Waals surface area contributed by atoms with Crippen molar-refractivity contribution in [3.8, 4) is 11.3 Å². The fraction of sp³-hybridized carbons (Fsp3) is 0.292. The molecule has 2 aliphatic rings. The number of nitrogens with zero attached hydrogens (tertiary/aromatic N) is 4. The Hall–Kier alpha value is -4.50. The molecule has 0 bridgehead atoms. The lowest BCUT2D eigenvalue weighted by molar-refractivity contribution is -0.149. The number of sulfonamides is 1. The lowest BCUT2D eigenvalue weighted by Crippen LogP contribution is -2.37. The number of nitrogens with two attached hydrogens (primary N) is 1. The van der Waals surface area contributed by atoms with E-state index in [0.29, 0.717) is 34.0 Å². The van der Waals surface area contributed by atoms with Crippen molar-refractivity contribution in [2.75, 3.05) is 23.0 Å². The Morgan fingerprint density at radius 1 is 1.31 bits per heavy atom. The topological polar surface area (TPSA) is 190 Å². The molecule has 1 aromatic carbocycles. The molecule has 0 unspecified atom stereocenters. The van der Waals surface area contributed by atoms with Crippen molar-refractivity contribution >= 4 is 51.2 Å². The minimum absolute atomic E-state index is 0.0463. The molecule has 204 valence electrons.